The highest BCUT2D eigenvalue weighted by Gasteiger charge is 2.62. The van der Waals surface area contributed by atoms with Crippen LogP contribution in [0.1, 0.15) is 44.5 Å². The van der Waals surface area contributed by atoms with Crippen molar-refractivity contribution < 1.29 is 19.1 Å². The van der Waals surface area contributed by atoms with Crippen molar-refractivity contribution >= 4 is 22.8 Å². The van der Waals surface area contributed by atoms with Gasteiger partial charge in [-0.05, 0) is 37.3 Å². The van der Waals surface area contributed by atoms with Crippen LogP contribution in [0, 0.1) is 11.3 Å². The number of aromatic nitrogens is 1. The molecule has 3 saturated heterocycles. The van der Waals surface area contributed by atoms with Gasteiger partial charge in [0.2, 0.25) is 0 Å². The van der Waals surface area contributed by atoms with Gasteiger partial charge in [-0.1, -0.05) is 29.8 Å². The summed E-state index contributed by atoms with van der Waals surface area (Å²) in [6.45, 7) is 6.40. The number of nitrogens with zero attached hydrogens (tertiary/aromatic N) is 1. The van der Waals surface area contributed by atoms with Gasteiger partial charge in [0.05, 0.1) is 11.5 Å². The van der Waals surface area contributed by atoms with E-state index >= 15 is 0 Å². The predicted octanol–water partition coefficient (Wildman–Crippen LogP) is 3.53. The number of para-hydroxylation sites is 1. The first-order valence-electron chi connectivity index (χ1n) is 10.7. The summed E-state index contributed by atoms with van der Waals surface area (Å²) in [6.07, 6.45) is 3.97. The molecule has 4 aliphatic heterocycles. The first kappa shape index (κ1) is 19.4. The number of rotatable bonds is 4. The smallest absolute Gasteiger partial charge is 0.302 e. The summed E-state index contributed by atoms with van der Waals surface area (Å²) in [5.74, 6) is -0.382. The van der Waals surface area contributed by atoms with Crippen molar-refractivity contribution in [1.29, 1.82) is 0 Å². The monoisotopic (exact) mass is 408 g/mol. The number of carbonyl (C=O) groups excluding carboxylic acids is 2. The minimum absolute atomic E-state index is 0.148. The standard InChI is InChI=1S/C24H28N2O4/c1-4-16-11-26-21-10-19(16)24(12-29-14(2)27,13-30-15(3)28)22(26)9-18-17-7-5-6-8-20(17)25-23(18)21/h4-8,19,21-22,25H,9-13H2,1-3H3/b16-4+/t19-,21-,22?/m0/s1. The Labute approximate surface area is 176 Å². The van der Waals surface area contributed by atoms with Gasteiger partial charge >= 0.3 is 11.9 Å². The Hall–Kier alpha value is -2.60. The number of H-pyrrole nitrogens is 1. The van der Waals surface area contributed by atoms with Crippen LogP contribution >= 0.6 is 0 Å². The highest BCUT2D eigenvalue weighted by atomic mass is 16.5. The predicted molar refractivity (Wildman–Crippen MR) is 113 cm³/mol. The van der Waals surface area contributed by atoms with E-state index in [1.54, 1.807) is 0 Å². The van der Waals surface area contributed by atoms with Crippen LogP contribution in [0.4, 0.5) is 0 Å². The van der Waals surface area contributed by atoms with Crippen LogP contribution in [0.2, 0.25) is 0 Å². The SMILES string of the molecule is C/C=C1\CN2C3Cc4c([nH]c5ccccc45)[C@@H]2C[C@@H]1C3(COC(C)=O)COC(C)=O. The van der Waals surface area contributed by atoms with Crippen molar-refractivity contribution in [2.24, 2.45) is 11.3 Å². The fraction of sp³-hybridized carbons (Fsp3) is 0.500. The van der Waals surface area contributed by atoms with E-state index in [1.807, 2.05) is 0 Å². The third kappa shape index (κ3) is 2.73. The molecule has 6 heteroatoms. The zero-order chi connectivity index (χ0) is 21.0. The molecule has 4 bridgehead atoms. The summed E-state index contributed by atoms with van der Waals surface area (Å²) >= 11 is 0. The lowest BCUT2D eigenvalue weighted by Gasteiger charge is -2.63. The maximum atomic E-state index is 11.8. The van der Waals surface area contributed by atoms with E-state index in [0.29, 0.717) is 6.04 Å². The van der Waals surface area contributed by atoms with Gasteiger partial charge in [-0.3, -0.25) is 14.5 Å². The lowest BCUT2D eigenvalue weighted by atomic mass is 9.55. The van der Waals surface area contributed by atoms with E-state index < -0.39 is 5.41 Å². The van der Waals surface area contributed by atoms with Crippen molar-refractivity contribution in [3.8, 4) is 0 Å². The van der Waals surface area contributed by atoms with Crippen LogP contribution < -0.4 is 0 Å². The number of ether oxygens (including phenoxy) is 2. The van der Waals surface area contributed by atoms with E-state index in [4.69, 9.17) is 9.47 Å². The molecule has 0 radical (unpaired) electrons. The molecule has 6 rings (SSSR count). The van der Waals surface area contributed by atoms with E-state index in [0.717, 1.165) is 19.4 Å². The Morgan fingerprint density at radius 2 is 1.90 bits per heavy atom. The van der Waals surface area contributed by atoms with E-state index in [2.05, 4.69) is 47.1 Å². The van der Waals surface area contributed by atoms with Crippen LogP contribution in [0.15, 0.2) is 35.9 Å². The Balaban J connectivity index is 1.64. The number of benzene rings is 1. The number of hydrogen-bond donors (Lipinski definition) is 1. The van der Waals surface area contributed by atoms with Gasteiger partial charge in [0, 0.05) is 43.0 Å². The number of fused-ring (bicyclic) bond motifs is 4. The highest BCUT2D eigenvalue weighted by molar-refractivity contribution is 5.85. The molecular formula is C24H28N2O4. The molecule has 1 N–H and O–H groups in total. The zero-order valence-electron chi connectivity index (χ0n) is 17.7. The minimum atomic E-state index is -0.440. The molecular weight excluding hydrogens is 380 g/mol. The number of esters is 2. The summed E-state index contributed by atoms with van der Waals surface area (Å²) in [6, 6.07) is 8.91. The molecule has 2 unspecified atom stereocenters. The molecule has 0 saturated carbocycles. The number of allylic oxidation sites excluding steroid dienone is 1. The molecule has 1 aromatic heterocycles. The Kier molecular flexibility index (Phi) is 4.51. The molecule has 4 atom stereocenters. The first-order valence-corrected chi connectivity index (χ1v) is 10.7. The molecule has 3 fully saturated rings. The molecule has 0 amide bonds. The van der Waals surface area contributed by atoms with Crippen molar-refractivity contribution in [2.45, 2.75) is 45.7 Å². The average Bonchev–Trinajstić information content (AvgIpc) is 3.11. The number of carbonyl (C=O) groups is 2. The largest absolute Gasteiger partial charge is 0.465 e. The van der Waals surface area contributed by atoms with Crippen LogP contribution in [0.25, 0.3) is 10.9 Å². The third-order valence-electron chi connectivity index (χ3n) is 7.47. The number of nitrogens with one attached hydrogen (secondary N) is 1. The second-order valence-electron chi connectivity index (χ2n) is 8.92. The van der Waals surface area contributed by atoms with Gasteiger partial charge in [-0.25, -0.2) is 0 Å². The lowest BCUT2D eigenvalue weighted by molar-refractivity contribution is -0.178. The Bertz CT molecular complexity index is 1030. The molecule has 30 heavy (non-hydrogen) atoms. The molecule has 158 valence electrons. The van der Waals surface area contributed by atoms with Gasteiger partial charge in [-0.2, -0.15) is 0 Å². The summed E-state index contributed by atoms with van der Waals surface area (Å²) in [5, 5.41) is 1.27. The highest BCUT2D eigenvalue weighted by Crippen LogP contribution is 2.59. The van der Waals surface area contributed by atoms with Gasteiger partial charge < -0.3 is 14.5 Å². The van der Waals surface area contributed by atoms with Crippen LogP contribution in [-0.2, 0) is 25.5 Å². The Morgan fingerprint density at radius 1 is 1.20 bits per heavy atom. The number of piperidine rings is 3. The zero-order valence-corrected chi connectivity index (χ0v) is 17.7. The summed E-state index contributed by atoms with van der Waals surface area (Å²) in [7, 11) is 0. The van der Waals surface area contributed by atoms with Gasteiger partial charge in [0.1, 0.15) is 13.2 Å². The van der Waals surface area contributed by atoms with E-state index in [1.165, 1.54) is 41.6 Å². The molecule has 5 heterocycles. The molecule has 6 nitrogen and oxygen atoms in total. The first-order chi connectivity index (χ1) is 14.4. The quantitative estimate of drug-likeness (QED) is 0.619. The molecule has 1 aromatic carbocycles. The minimum Gasteiger partial charge on any atom is -0.465 e. The van der Waals surface area contributed by atoms with Gasteiger partial charge in [0.15, 0.2) is 0 Å². The third-order valence-corrected chi connectivity index (χ3v) is 7.47. The average molecular weight is 408 g/mol. The van der Waals surface area contributed by atoms with E-state index in [-0.39, 0.29) is 37.1 Å². The maximum Gasteiger partial charge on any atom is 0.302 e. The lowest BCUT2D eigenvalue weighted by Crippen LogP contribution is -2.68. The molecule has 0 aliphatic carbocycles. The fourth-order valence-electron chi connectivity index (χ4n) is 6.16. The summed E-state index contributed by atoms with van der Waals surface area (Å²) < 4.78 is 11.2. The second kappa shape index (κ2) is 6.98. The summed E-state index contributed by atoms with van der Waals surface area (Å²) in [4.78, 5) is 29.8. The van der Waals surface area contributed by atoms with Crippen molar-refractivity contribution in [2.75, 3.05) is 19.8 Å². The topological polar surface area (TPSA) is 71.6 Å². The van der Waals surface area contributed by atoms with Crippen molar-refractivity contribution in [1.82, 2.24) is 9.88 Å². The van der Waals surface area contributed by atoms with Crippen LogP contribution in [0.5, 0.6) is 0 Å². The van der Waals surface area contributed by atoms with Crippen molar-refractivity contribution in [3.63, 3.8) is 0 Å². The number of hydrogen-bond acceptors (Lipinski definition) is 5. The Morgan fingerprint density at radius 3 is 2.57 bits per heavy atom. The molecule has 0 spiro atoms. The maximum absolute atomic E-state index is 11.8. The normalized spacial score (nSPS) is 29.6. The van der Waals surface area contributed by atoms with Crippen molar-refractivity contribution in [3.05, 3.63) is 47.2 Å². The second-order valence-corrected chi connectivity index (χ2v) is 8.92. The molecule has 4 aliphatic rings. The number of aromatic amines is 1. The molecule has 2 aromatic rings. The van der Waals surface area contributed by atoms with E-state index in [9.17, 15) is 9.59 Å². The van der Waals surface area contributed by atoms with Crippen LogP contribution in [0.3, 0.4) is 0 Å². The fourth-order valence-corrected chi connectivity index (χ4v) is 6.16. The van der Waals surface area contributed by atoms with Gasteiger partial charge in [-0.15, -0.1) is 0 Å². The van der Waals surface area contributed by atoms with Crippen LogP contribution in [-0.4, -0.2) is 47.6 Å². The summed E-state index contributed by atoms with van der Waals surface area (Å²) in [5.41, 5.74) is 4.75. The van der Waals surface area contributed by atoms with Gasteiger partial charge in [0.25, 0.3) is 0 Å².